The molecule has 10 aliphatic carbocycles. The van der Waals surface area contributed by atoms with E-state index in [1.807, 2.05) is 0 Å². The number of aldehydes is 2. The fraction of sp³-hybridized carbons (Fsp3) is 0.889. The van der Waals surface area contributed by atoms with Crippen molar-refractivity contribution >= 4 is 36.9 Å². The lowest BCUT2D eigenvalue weighted by Crippen LogP contribution is -2.60. The lowest BCUT2D eigenvalue weighted by Gasteiger charge is -2.63. The third-order valence-electron chi connectivity index (χ3n) is 29.1. The third kappa shape index (κ3) is 10.6. The first-order valence-electron chi connectivity index (χ1n) is 35.0. The van der Waals surface area contributed by atoms with Gasteiger partial charge in [0.05, 0.1) is 36.6 Å². The molecule has 1 saturated heterocycles. The van der Waals surface area contributed by atoms with Crippen molar-refractivity contribution in [2.75, 3.05) is 26.3 Å². The average Bonchev–Trinajstić information content (AvgIpc) is 1.47. The maximum Gasteiger partial charge on any atom is 0.303 e. The van der Waals surface area contributed by atoms with Gasteiger partial charge in [-0.1, -0.05) is 69.2 Å². The van der Waals surface area contributed by atoms with Crippen LogP contribution in [0, 0.1) is 89.7 Å². The molecule has 24 atom stereocenters. The zero-order valence-corrected chi connectivity index (χ0v) is 59.4. The van der Waals surface area contributed by atoms with Crippen molar-refractivity contribution in [3.8, 4) is 0 Å². The van der Waals surface area contributed by atoms with Crippen molar-refractivity contribution in [1.29, 1.82) is 0 Å². The Morgan fingerprint density at radius 3 is 1.45 bits per heavy atom. The van der Waals surface area contributed by atoms with E-state index in [9.17, 15) is 44.8 Å². The van der Waals surface area contributed by atoms with Gasteiger partial charge in [0.2, 0.25) is 6.29 Å². The standard InChI is InChI=1S/C36H57NO8.C36H54O9.ClH.H3NO/c1-20-17-22(30(32(5,6)40)43-21(2)38)44-28-27(20)33(7)13-14-36-19-35(36)12-11-25(45-26-18-37(41)15-16-42-26)31(3,4)23(35)9-10-24(36)34(33,8)29(28)39;1-20-17-22(30(32(5,6)41)43-21(2)39)44-28-27(20)33(7)13-14-36-19-35(36)12-11-25(45-26(18-38)42-16-15-37)31(3,4)23(35)9-10-24(36)34(33,8)29(28)40;;1-2/h20,22-26,29-30,39-41H,9-19H2,1-8H3;15,18,20,22-26,29-30,40-41H,9-14,16-17,19H2,1-8H3;1H;2H,1H2/t2*20-,22-,23+,24+,25+,26+,29+,30+,33-,34-,35-,36+;;/m11../s1. The van der Waals surface area contributed by atoms with Crippen molar-refractivity contribution < 1.29 is 87.9 Å². The molecule has 20 nitrogen and oxygen atoms in total. The predicted octanol–water partition coefficient (Wildman–Crippen LogP) is 9.86. The number of aliphatic hydroxyl groups excluding tert-OH is 2. The van der Waals surface area contributed by atoms with Crippen molar-refractivity contribution in [2.45, 2.75) is 286 Å². The molecule has 13 rings (SSSR count). The average molecular weight is 1330 g/mol. The maximum atomic E-state index is 12.4. The number of nitrogens with zero attached hydrogens (tertiary/aromatic N) is 1. The van der Waals surface area contributed by atoms with E-state index in [0.29, 0.717) is 80.3 Å². The number of halogens is 1. The molecule has 93 heavy (non-hydrogen) atoms. The summed E-state index contributed by atoms with van der Waals surface area (Å²) in [6, 6.07) is 0. The number of hydrogen-bond donors (Lipinski definition) is 7. The predicted molar refractivity (Wildman–Crippen MR) is 343 cm³/mol. The van der Waals surface area contributed by atoms with E-state index in [4.69, 9.17) is 43.1 Å². The molecule has 8 N–H and O–H groups in total. The number of fused-ring (bicyclic) bond motifs is 6. The van der Waals surface area contributed by atoms with Gasteiger partial charge in [0.25, 0.3) is 0 Å². The fourth-order valence-corrected chi connectivity index (χ4v) is 25.1. The summed E-state index contributed by atoms with van der Waals surface area (Å²) in [5.41, 5.74) is -0.735. The Balaban J connectivity index is 0.000000196. The number of carbonyl (C=O) groups is 4. The number of ether oxygens (including phenoxy) is 8. The fourth-order valence-electron chi connectivity index (χ4n) is 25.1. The van der Waals surface area contributed by atoms with Crippen LogP contribution in [0.4, 0.5) is 0 Å². The van der Waals surface area contributed by atoms with Gasteiger partial charge in [-0.2, -0.15) is 5.06 Å². The Morgan fingerprint density at radius 1 is 0.645 bits per heavy atom. The smallest absolute Gasteiger partial charge is 0.303 e. The van der Waals surface area contributed by atoms with Gasteiger partial charge >= 0.3 is 11.9 Å². The van der Waals surface area contributed by atoms with Crippen molar-refractivity contribution in [3.05, 3.63) is 22.7 Å². The number of carbonyl (C=O) groups excluding carboxylic acids is 4. The molecule has 0 aromatic rings. The second kappa shape index (κ2) is 24.5. The molecule has 0 radical (unpaired) electrons. The molecule has 528 valence electrons. The zero-order chi connectivity index (χ0) is 67.5. The molecule has 0 aromatic heterocycles. The number of hydrogen-bond acceptors (Lipinski definition) is 20. The van der Waals surface area contributed by atoms with Crippen LogP contribution in [0.3, 0.4) is 0 Å². The van der Waals surface area contributed by atoms with Crippen LogP contribution in [0.25, 0.3) is 0 Å². The molecular weight excluding hydrogens is 1220 g/mol. The highest BCUT2D eigenvalue weighted by atomic mass is 35.5. The summed E-state index contributed by atoms with van der Waals surface area (Å²) in [6.45, 7) is 33.7. The van der Waals surface area contributed by atoms with Gasteiger partial charge < -0.3 is 73.5 Å². The molecule has 0 bridgehead atoms. The summed E-state index contributed by atoms with van der Waals surface area (Å²) in [6.07, 6.45) is 11.6. The lowest BCUT2D eigenvalue weighted by molar-refractivity contribution is -0.278. The Morgan fingerprint density at radius 2 is 1.05 bits per heavy atom. The highest BCUT2D eigenvalue weighted by Crippen LogP contribution is 2.91. The number of hydroxylamine groups is 2. The number of aliphatic hydroxyl groups is 4. The number of rotatable bonds is 14. The molecule has 8 saturated carbocycles. The minimum Gasteiger partial charge on any atom is -0.488 e. The van der Waals surface area contributed by atoms with Gasteiger partial charge in [-0.05, 0) is 210 Å². The summed E-state index contributed by atoms with van der Waals surface area (Å²) in [4.78, 5) is 46.6. The normalized spacial score (nSPS) is 46.2. The Labute approximate surface area is 558 Å². The Kier molecular flexibility index (Phi) is 19.2. The zero-order valence-electron chi connectivity index (χ0n) is 58.5. The van der Waals surface area contributed by atoms with Crippen LogP contribution >= 0.6 is 12.4 Å². The first-order valence-corrected chi connectivity index (χ1v) is 35.0. The van der Waals surface area contributed by atoms with Crippen molar-refractivity contribution in [1.82, 2.24) is 5.06 Å². The molecule has 3 heterocycles. The van der Waals surface area contributed by atoms with Crippen LogP contribution in [0.2, 0.25) is 0 Å². The number of morpholine rings is 1. The van der Waals surface area contributed by atoms with E-state index < -0.39 is 77.8 Å². The third-order valence-corrected chi connectivity index (χ3v) is 29.1. The largest absolute Gasteiger partial charge is 0.488 e. The second-order valence-electron chi connectivity index (χ2n) is 34.6. The van der Waals surface area contributed by atoms with Crippen LogP contribution in [-0.4, -0.2) is 159 Å². The van der Waals surface area contributed by atoms with Crippen LogP contribution < -0.4 is 5.90 Å². The summed E-state index contributed by atoms with van der Waals surface area (Å²) < 4.78 is 48.7. The molecule has 3 aliphatic heterocycles. The summed E-state index contributed by atoms with van der Waals surface area (Å²) in [5.74, 6) is 5.83. The van der Waals surface area contributed by atoms with Crippen LogP contribution in [0.15, 0.2) is 22.7 Å². The van der Waals surface area contributed by atoms with E-state index in [0.717, 1.165) is 77.0 Å². The topological polar surface area (TPSA) is 293 Å². The summed E-state index contributed by atoms with van der Waals surface area (Å²) >= 11 is 0. The highest BCUT2D eigenvalue weighted by Gasteiger charge is 2.86. The van der Waals surface area contributed by atoms with Gasteiger partial charge in [0.15, 0.2) is 24.8 Å². The van der Waals surface area contributed by atoms with Gasteiger partial charge in [-0.3, -0.25) is 14.4 Å². The minimum absolute atomic E-state index is 0. The molecule has 9 fully saturated rings. The van der Waals surface area contributed by atoms with Gasteiger partial charge in [-0.25, -0.2) is 5.90 Å². The number of allylic oxidation sites excluding steroid dienone is 2. The van der Waals surface area contributed by atoms with Crippen LogP contribution in [0.1, 0.15) is 214 Å². The van der Waals surface area contributed by atoms with E-state index in [1.54, 1.807) is 27.7 Å². The molecule has 21 heteroatoms. The number of nitrogens with two attached hydrogens (primary N) is 1. The van der Waals surface area contributed by atoms with Gasteiger partial charge in [-0.15, -0.1) is 12.4 Å². The molecule has 0 unspecified atom stereocenters. The van der Waals surface area contributed by atoms with E-state index in [2.05, 4.69) is 75.1 Å². The summed E-state index contributed by atoms with van der Waals surface area (Å²) in [7, 11) is 0. The molecule has 0 amide bonds. The van der Waals surface area contributed by atoms with Crippen LogP contribution in [-0.2, 0) is 57.1 Å². The number of esters is 2. The van der Waals surface area contributed by atoms with E-state index in [-0.39, 0.29) is 91.8 Å². The van der Waals surface area contributed by atoms with Gasteiger partial charge in [0, 0.05) is 42.1 Å². The summed E-state index contributed by atoms with van der Waals surface area (Å²) in [5, 5.41) is 64.7. The first kappa shape index (κ1) is 72.9. The Bertz CT molecular complexity index is 2930. The minimum atomic E-state index is -1.30. The van der Waals surface area contributed by atoms with Crippen LogP contribution in [0.5, 0.6) is 0 Å². The van der Waals surface area contributed by atoms with E-state index in [1.165, 1.54) is 42.9 Å². The molecule has 0 aromatic carbocycles. The second-order valence-corrected chi connectivity index (χ2v) is 34.6. The maximum absolute atomic E-state index is 12.4. The monoisotopic (exact) mass is 1330 g/mol. The van der Waals surface area contributed by atoms with Crippen molar-refractivity contribution in [2.24, 2.45) is 95.6 Å². The van der Waals surface area contributed by atoms with Gasteiger partial charge in [0.1, 0.15) is 48.8 Å². The quantitative estimate of drug-likeness (QED) is 0.0368. The van der Waals surface area contributed by atoms with E-state index >= 15 is 0 Å². The first-order chi connectivity index (χ1) is 42.9. The SMILES string of the molecule is CC(=O)O[C@@H]([C@H]1C[C@@H](C)C2=C(O1)[C@H](O)[C@@]1(C)[C@@H]3CC[C@H]4C(C)(C)[C@@H](O[C@@H](C=O)OCC=O)CC[C@@]45C[C@@]35CC[C@]21C)C(C)(C)O.CC(=O)O[C@@H]([C@H]1C[C@@H](C)C2=C(O1)[C@H](O)[C@@]1(C)[C@@H]3CC[C@H]4C(C)(C)[C@@H](O[C@H]5CN(O)CCO5)CC[C@@]45C[C@@]35CC[C@]21C)C(C)(C)O.Cl.NO. The molecule has 13 aliphatic rings. The lowest BCUT2D eigenvalue weighted by atomic mass is 9.41. The van der Waals surface area contributed by atoms with Crippen molar-refractivity contribution in [3.63, 3.8) is 0 Å². The highest BCUT2D eigenvalue weighted by molar-refractivity contribution is 5.85. The molecule has 4 spiro atoms. The Hall–Kier alpha value is -2.83. The molecular formula is C72H115ClN2O18.